The number of carbonyl (C=O) groups is 2. The molecule has 24 heavy (non-hydrogen) atoms. The van der Waals surface area contributed by atoms with E-state index in [4.69, 9.17) is 20.8 Å². The lowest BCUT2D eigenvalue weighted by Crippen LogP contribution is -2.13. The summed E-state index contributed by atoms with van der Waals surface area (Å²) in [4.78, 5) is 25.4. The molecule has 3 aromatic rings. The van der Waals surface area contributed by atoms with Crippen molar-refractivity contribution < 1.29 is 18.7 Å². The van der Waals surface area contributed by atoms with E-state index >= 15 is 0 Å². The highest BCUT2D eigenvalue weighted by Gasteiger charge is 2.23. The monoisotopic (exact) mass is 363 g/mol. The van der Waals surface area contributed by atoms with Crippen LogP contribution in [0.2, 0.25) is 5.02 Å². The minimum atomic E-state index is -0.483. The number of furan rings is 1. The number of nitrogens with one attached hydrogen (secondary N) is 1. The first-order valence-electron chi connectivity index (χ1n) is 7.09. The molecule has 0 bridgehead atoms. The summed E-state index contributed by atoms with van der Waals surface area (Å²) in [6, 6.07) is 6.72. The lowest BCUT2D eigenvalue weighted by atomic mass is 10.1. The maximum absolute atomic E-state index is 12.5. The van der Waals surface area contributed by atoms with Crippen molar-refractivity contribution >= 4 is 50.8 Å². The molecule has 0 atom stereocenters. The molecular weight excluding hydrogens is 350 g/mol. The van der Waals surface area contributed by atoms with Gasteiger partial charge in [-0.3, -0.25) is 4.79 Å². The van der Waals surface area contributed by atoms with Crippen molar-refractivity contribution in [1.29, 1.82) is 0 Å². The van der Waals surface area contributed by atoms with Gasteiger partial charge in [0.25, 0.3) is 5.91 Å². The van der Waals surface area contributed by atoms with Crippen molar-refractivity contribution in [3.8, 4) is 0 Å². The summed E-state index contributed by atoms with van der Waals surface area (Å²) < 4.78 is 10.3. The van der Waals surface area contributed by atoms with Crippen LogP contribution < -0.4 is 5.32 Å². The number of hydrogen-bond acceptors (Lipinski definition) is 5. The largest absolute Gasteiger partial charge is 0.465 e. The summed E-state index contributed by atoms with van der Waals surface area (Å²) in [6.07, 6.45) is 0. The Morgan fingerprint density at radius 2 is 2.00 bits per heavy atom. The summed E-state index contributed by atoms with van der Waals surface area (Å²) in [6.45, 7) is 3.70. The fourth-order valence-corrected chi connectivity index (χ4v) is 3.58. The van der Waals surface area contributed by atoms with Crippen molar-refractivity contribution in [2.45, 2.75) is 13.8 Å². The number of hydrogen-bond donors (Lipinski definition) is 1. The van der Waals surface area contributed by atoms with Crippen LogP contribution >= 0.6 is 22.9 Å². The third kappa shape index (κ3) is 2.90. The second kappa shape index (κ2) is 6.30. The first kappa shape index (κ1) is 16.5. The summed E-state index contributed by atoms with van der Waals surface area (Å²) >= 11 is 7.26. The topological polar surface area (TPSA) is 68.5 Å². The van der Waals surface area contributed by atoms with Crippen LogP contribution in [0.1, 0.15) is 31.4 Å². The van der Waals surface area contributed by atoms with Crippen molar-refractivity contribution in [3.63, 3.8) is 0 Å². The Morgan fingerprint density at radius 1 is 1.25 bits per heavy atom. The number of halogens is 1. The van der Waals surface area contributed by atoms with E-state index in [1.807, 2.05) is 13.8 Å². The molecule has 0 radical (unpaired) electrons. The van der Waals surface area contributed by atoms with E-state index in [9.17, 15) is 9.59 Å². The van der Waals surface area contributed by atoms with Gasteiger partial charge in [0, 0.05) is 15.3 Å². The number of ether oxygens (including phenoxy) is 1. The number of thiophene rings is 1. The van der Waals surface area contributed by atoms with E-state index < -0.39 is 11.9 Å². The van der Waals surface area contributed by atoms with Gasteiger partial charge >= 0.3 is 5.97 Å². The standard InChI is InChI=1S/C17H14ClNO4S/c1-8-9(2)24-16(14(8)17(21)22-3)19-15(20)13-7-10-6-11(18)4-5-12(10)23-13/h4-7H,1-3H3,(H,19,20). The molecule has 1 aromatic carbocycles. The van der Waals surface area contributed by atoms with Gasteiger partial charge in [-0.25, -0.2) is 4.79 Å². The van der Waals surface area contributed by atoms with Crippen LogP contribution in [0.15, 0.2) is 28.7 Å². The van der Waals surface area contributed by atoms with Crippen molar-refractivity contribution in [3.05, 3.63) is 51.1 Å². The van der Waals surface area contributed by atoms with E-state index in [0.29, 0.717) is 21.2 Å². The number of amides is 1. The number of esters is 1. The van der Waals surface area contributed by atoms with Crippen LogP contribution in [-0.2, 0) is 4.74 Å². The number of aryl methyl sites for hydroxylation is 1. The number of carbonyl (C=O) groups excluding carboxylic acids is 2. The molecule has 0 fully saturated rings. The van der Waals surface area contributed by atoms with Gasteiger partial charge in [0.15, 0.2) is 5.76 Å². The smallest absolute Gasteiger partial charge is 0.341 e. The second-order valence-electron chi connectivity index (χ2n) is 5.23. The molecule has 0 saturated heterocycles. The maximum Gasteiger partial charge on any atom is 0.341 e. The quantitative estimate of drug-likeness (QED) is 0.678. The van der Waals surface area contributed by atoms with Gasteiger partial charge in [-0.15, -0.1) is 11.3 Å². The lowest BCUT2D eigenvalue weighted by Gasteiger charge is -2.04. The van der Waals surface area contributed by atoms with Crippen LogP contribution in [0.3, 0.4) is 0 Å². The van der Waals surface area contributed by atoms with Crippen LogP contribution in [0.25, 0.3) is 11.0 Å². The number of fused-ring (bicyclic) bond motifs is 1. The van der Waals surface area contributed by atoms with Crippen molar-refractivity contribution in [2.75, 3.05) is 12.4 Å². The van der Waals surface area contributed by atoms with E-state index in [1.54, 1.807) is 24.3 Å². The van der Waals surface area contributed by atoms with Crippen molar-refractivity contribution in [1.82, 2.24) is 0 Å². The molecule has 3 rings (SSSR count). The van der Waals surface area contributed by atoms with E-state index in [0.717, 1.165) is 15.8 Å². The first-order chi connectivity index (χ1) is 11.4. The van der Waals surface area contributed by atoms with Crippen LogP contribution in [0.5, 0.6) is 0 Å². The Balaban J connectivity index is 1.94. The maximum atomic E-state index is 12.5. The van der Waals surface area contributed by atoms with E-state index in [1.165, 1.54) is 18.4 Å². The van der Waals surface area contributed by atoms with E-state index in [2.05, 4.69) is 5.32 Å². The second-order valence-corrected chi connectivity index (χ2v) is 6.89. The summed E-state index contributed by atoms with van der Waals surface area (Å²) in [7, 11) is 1.31. The molecule has 5 nitrogen and oxygen atoms in total. The number of benzene rings is 1. The van der Waals surface area contributed by atoms with Gasteiger partial charge in [0.1, 0.15) is 10.6 Å². The zero-order valence-corrected chi connectivity index (χ0v) is 14.8. The summed E-state index contributed by atoms with van der Waals surface area (Å²) in [5, 5.41) is 4.47. The molecule has 0 spiro atoms. The van der Waals surface area contributed by atoms with E-state index in [-0.39, 0.29) is 5.76 Å². The minimum absolute atomic E-state index is 0.145. The van der Waals surface area contributed by atoms with Crippen LogP contribution in [0.4, 0.5) is 5.00 Å². The number of rotatable bonds is 3. The average Bonchev–Trinajstić information content (AvgIpc) is 3.08. The fourth-order valence-electron chi connectivity index (χ4n) is 2.35. The first-order valence-corrected chi connectivity index (χ1v) is 8.29. The Morgan fingerprint density at radius 3 is 2.71 bits per heavy atom. The predicted octanol–water partition coefficient (Wildman–Crippen LogP) is 4.80. The minimum Gasteiger partial charge on any atom is -0.465 e. The zero-order chi connectivity index (χ0) is 17.4. The molecule has 0 unspecified atom stereocenters. The number of methoxy groups -OCH3 is 1. The molecule has 124 valence electrons. The Hall–Kier alpha value is -2.31. The molecule has 2 aromatic heterocycles. The Bertz CT molecular complexity index is 957. The molecule has 0 aliphatic carbocycles. The summed E-state index contributed by atoms with van der Waals surface area (Å²) in [5.41, 5.74) is 1.72. The van der Waals surface area contributed by atoms with Crippen LogP contribution in [-0.4, -0.2) is 19.0 Å². The van der Waals surface area contributed by atoms with Crippen LogP contribution in [0, 0.1) is 13.8 Å². The third-order valence-corrected chi connectivity index (χ3v) is 5.06. The molecule has 7 heteroatoms. The third-order valence-electron chi connectivity index (χ3n) is 3.70. The normalized spacial score (nSPS) is 10.8. The van der Waals surface area contributed by atoms with Gasteiger partial charge in [0.2, 0.25) is 0 Å². The molecule has 2 heterocycles. The summed E-state index contributed by atoms with van der Waals surface area (Å²) in [5.74, 6) is -0.774. The molecule has 0 saturated carbocycles. The highest BCUT2D eigenvalue weighted by atomic mass is 35.5. The SMILES string of the molecule is COC(=O)c1c(NC(=O)c2cc3cc(Cl)ccc3o2)sc(C)c1C. The average molecular weight is 364 g/mol. The van der Waals surface area contributed by atoms with Crippen molar-refractivity contribution in [2.24, 2.45) is 0 Å². The lowest BCUT2D eigenvalue weighted by molar-refractivity contribution is 0.0601. The molecule has 0 aliphatic rings. The molecule has 0 aliphatic heterocycles. The van der Waals surface area contributed by atoms with Gasteiger partial charge in [-0.2, -0.15) is 0 Å². The van der Waals surface area contributed by atoms with Gasteiger partial charge in [-0.1, -0.05) is 11.6 Å². The molecular formula is C17H14ClNO4S. The Kier molecular flexibility index (Phi) is 4.34. The Labute approximate surface area is 147 Å². The zero-order valence-electron chi connectivity index (χ0n) is 13.2. The fraction of sp³-hybridized carbons (Fsp3) is 0.176. The van der Waals surface area contributed by atoms with Gasteiger partial charge in [0.05, 0.1) is 12.7 Å². The molecule has 1 N–H and O–H groups in total. The van der Waals surface area contributed by atoms with Gasteiger partial charge in [-0.05, 0) is 43.7 Å². The highest BCUT2D eigenvalue weighted by Crippen LogP contribution is 2.33. The highest BCUT2D eigenvalue weighted by molar-refractivity contribution is 7.16. The predicted molar refractivity (Wildman–Crippen MR) is 94.3 cm³/mol. The molecule has 1 amide bonds. The van der Waals surface area contributed by atoms with Gasteiger partial charge < -0.3 is 14.5 Å². The number of anilines is 1.